The molecule has 4 heteroatoms. The highest BCUT2D eigenvalue weighted by Crippen LogP contribution is 2.27. The minimum absolute atomic E-state index is 0.0559. The van der Waals surface area contributed by atoms with Crippen molar-refractivity contribution in [1.82, 2.24) is 0 Å². The van der Waals surface area contributed by atoms with Crippen LogP contribution in [-0.4, -0.2) is 12.8 Å². The van der Waals surface area contributed by atoms with Gasteiger partial charge >= 0.3 is 6.18 Å². The zero-order valence-corrected chi connectivity index (χ0v) is 9.36. The predicted molar refractivity (Wildman–Crippen MR) is 54.5 cm³/mol. The lowest BCUT2D eigenvalue weighted by Crippen LogP contribution is -2.14. The van der Waals surface area contributed by atoms with Crippen LogP contribution in [0.15, 0.2) is 11.8 Å². The summed E-state index contributed by atoms with van der Waals surface area (Å²) >= 11 is 0. The Balaban J connectivity index is 3.96. The summed E-state index contributed by atoms with van der Waals surface area (Å²) < 4.78 is 41.4. The summed E-state index contributed by atoms with van der Waals surface area (Å²) in [4.78, 5) is 0. The van der Waals surface area contributed by atoms with Crippen molar-refractivity contribution in [2.24, 2.45) is 0 Å². The molecule has 0 aliphatic rings. The highest BCUT2D eigenvalue weighted by Gasteiger charge is 2.35. The Kier molecular flexibility index (Phi) is 7.26. The third-order valence-electron chi connectivity index (χ3n) is 1.97. The van der Waals surface area contributed by atoms with Gasteiger partial charge in [0.15, 0.2) is 5.76 Å². The van der Waals surface area contributed by atoms with E-state index >= 15 is 0 Å². The van der Waals surface area contributed by atoms with Gasteiger partial charge in [-0.1, -0.05) is 26.2 Å². The molecule has 15 heavy (non-hydrogen) atoms. The molecule has 0 aliphatic carbocycles. The van der Waals surface area contributed by atoms with Crippen molar-refractivity contribution in [3.63, 3.8) is 0 Å². The molecule has 0 spiro atoms. The van der Waals surface area contributed by atoms with Crippen LogP contribution >= 0.6 is 0 Å². The van der Waals surface area contributed by atoms with E-state index in [1.807, 2.05) is 0 Å². The van der Waals surface area contributed by atoms with Gasteiger partial charge in [0.1, 0.15) is 0 Å². The zero-order chi connectivity index (χ0) is 11.7. The number of allylic oxidation sites excluding steroid dienone is 2. The van der Waals surface area contributed by atoms with Crippen molar-refractivity contribution in [2.45, 2.75) is 52.1 Å². The number of ether oxygens (including phenoxy) is 1. The normalized spacial score (nSPS) is 13.0. The molecule has 1 nitrogen and oxygen atoms in total. The van der Waals surface area contributed by atoms with E-state index in [2.05, 4.69) is 11.7 Å². The molecule has 0 aromatic heterocycles. The largest absolute Gasteiger partial charge is 0.489 e. The summed E-state index contributed by atoms with van der Waals surface area (Å²) in [6, 6.07) is 0. The summed E-state index contributed by atoms with van der Waals surface area (Å²) in [5, 5.41) is 0. The maximum absolute atomic E-state index is 12.3. The van der Waals surface area contributed by atoms with Crippen LogP contribution in [0.3, 0.4) is 0 Å². The highest BCUT2D eigenvalue weighted by atomic mass is 19.4. The van der Waals surface area contributed by atoms with E-state index in [9.17, 15) is 13.2 Å². The number of alkyl halides is 3. The second kappa shape index (κ2) is 7.60. The Labute approximate surface area is 89.3 Å². The first kappa shape index (κ1) is 14.3. The van der Waals surface area contributed by atoms with Gasteiger partial charge in [-0.2, -0.15) is 13.2 Å². The van der Waals surface area contributed by atoms with Crippen LogP contribution in [0.25, 0.3) is 0 Å². The molecule has 0 fully saturated rings. The summed E-state index contributed by atoms with van der Waals surface area (Å²) in [7, 11) is 0. The van der Waals surface area contributed by atoms with Crippen LogP contribution in [0, 0.1) is 0 Å². The number of hydrogen-bond donors (Lipinski definition) is 0. The van der Waals surface area contributed by atoms with Gasteiger partial charge < -0.3 is 4.74 Å². The van der Waals surface area contributed by atoms with Crippen LogP contribution in [0.2, 0.25) is 0 Å². The van der Waals surface area contributed by atoms with Crippen LogP contribution in [0.1, 0.15) is 46.0 Å². The minimum Gasteiger partial charge on any atom is -0.489 e. The molecule has 0 aromatic carbocycles. The van der Waals surface area contributed by atoms with Crippen LogP contribution in [0.4, 0.5) is 13.2 Å². The van der Waals surface area contributed by atoms with Crippen molar-refractivity contribution in [2.75, 3.05) is 6.61 Å². The van der Waals surface area contributed by atoms with Crippen molar-refractivity contribution < 1.29 is 17.9 Å². The Bertz CT molecular complexity index is 185. The standard InChI is InChI=1S/C11H19F3O/c1-3-5-6-7-8-9-10(15-4-2)11(12,13)14/h9H,3-8H2,1-2H3/b10-9-. The Hall–Kier alpha value is -0.670. The highest BCUT2D eigenvalue weighted by molar-refractivity contribution is 5.00. The van der Waals surface area contributed by atoms with Gasteiger partial charge in [-0.15, -0.1) is 0 Å². The quantitative estimate of drug-likeness (QED) is 0.459. The molecule has 90 valence electrons. The van der Waals surface area contributed by atoms with Gasteiger partial charge in [-0.05, 0) is 25.8 Å². The monoisotopic (exact) mass is 224 g/mol. The van der Waals surface area contributed by atoms with E-state index in [4.69, 9.17) is 0 Å². The maximum Gasteiger partial charge on any atom is 0.448 e. The topological polar surface area (TPSA) is 9.23 Å². The molecule has 0 saturated heterocycles. The fraction of sp³-hybridized carbons (Fsp3) is 0.818. The van der Waals surface area contributed by atoms with Crippen molar-refractivity contribution in [1.29, 1.82) is 0 Å². The first-order valence-corrected chi connectivity index (χ1v) is 5.42. The van der Waals surface area contributed by atoms with Gasteiger partial charge in [0.2, 0.25) is 0 Å². The molecule has 0 bridgehead atoms. The molecule has 0 rings (SSSR count). The fourth-order valence-electron chi connectivity index (χ4n) is 1.22. The van der Waals surface area contributed by atoms with E-state index < -0.39 is 11.9 Å². The molecular formula is C11H19F3O. The average Bonchev–Trinajstić information content (AvgIpc) is 2.14. The lowest BCUT2D eigenvalue weighted by molar-refractivity contribution is -0.130. The lowest BCUT2D eigenvalue weighted by atomic mass is 10.1. The number of rotatable bonds is 7. The summed E-state index contributed by atoms with van der Waals surface area (Å²) in [5.74, 6) is -0.846. The molecule has 0 aliphatic heterocycles. The maximum atomic E-state index is 12.3. The van der Waals surface area contributed by atoms with Crippen LogP contribution < -0.4 is 0 Å². The molecule has 0 N–H and O–H groups in total. The number of unbranched alkanes of at least 4 members (excludes halogenated alkanes) is 4. The lowest BCUT2D eigenvalue weighted by Gasteiger charge is -2.11. The summed E-state index contributed by atoms with van der Waals surface area (Å²) in [6.07, 6.45) is 1.17. The predicted octanol–water partition coefficient (Wildman–Crippen LogP) is 4.44. The van der Waals surface area contributed by atoms with Crippen molar-refractivity contribution in [3.8, 4) is 0 Å². The van der Waals surface area contributed by atoms with E-state index in [-0.39, 0.29) is 6.61 Å². The minimum atomic E-state index is -4.35. The third-order valence-corrected chi connectivity index (χ3v) is 1.97. The van der Waals surface area contributed by atoms with E-state index in [0.29, 0.717) is 6.42 Å². The SMILES string of the molecule is CCCCCC/C=C(\OCC)C(F)(F)F. The molecule has 0 radical (unpaired) electrons. The molecule has 0 saturated carbocycles. The second-order valence-electron chi connectivity index (χ2n) is 3.35. The first-order chi connectivity index (χ1) is 7.02. The van der Waals surface area contributed by atoms with Crippen LogP contribution in [-0.2, 0) is 4.74 Å². The number of hydrogen-bond acceptors (Lipinski definition) is 1. The molecule has 0 atom stereocenters. The van der Waals surface area contributed by atoms with Gasteiger partial charge in [0.25, 0.3) is 0 Å². The van der Waals surface area contributed by atoms with Crippen molar-refractivity contribution in [3.05, 3.63) is 11.8 Å². The molecule has 0 heterocycles. The zero-order valence-electron chi connectivity index (χ0n) is 9.36. The third kappa shape index (κ3) is 7.28. The van der Waals surface area contributed by atoms with Gasteiger partial charge in [-0.3, -0.25) is 0 Å². The molecule has 0 aromatic rings. The Morgan fingerprint density at radius 3 is 2.27 bits per heavy atom. The Morgan fingerprint density at radius 1 is 1.13 bits per heavy atom. The molecule has 0 unspecified atom stereocenters. The van der Waals surface area contributed by atoms with E-state index in [1.54, 1.807) is 6.92 Å². The second-order valence-corrected chi connectivity index (χ2v) is 3.35. The fourth-order valence-corrected chi connectivity index (χ4v) is 1.22. The van der Waals surface area contributed by atoms with Crippen molar-refractivity contribution >= 4 is 0 Å². The van der Waals surface area contributed by atoms with E-state index in [1.165, 1.54) is 0 Å². The summed E-state index contributed by atoms with van der Waals surface area (Å²) in [5.41, 5.74) is 0. The van der Waals surface area contributed by atoms with Gasteiger partial charge in [0, 0.05) is 0 Å². The van der Waals surface area contributed by atoms with Crippen LogP contribution in [0.5, 0.6) is 0 Å². The first-order valence-electron chi connectivity index (χ1n) is 5.42. The van der Waals surface area contributed by atoms with Gasteiger partial charge in [0.05, 0.1) is 6.61 Å². The summed E-state index contributed by atoms with van der Waals surface area (Å²) in [6.45, 7) is 3.67. The average molecular weight is 224 g/mol. The number of halogens is 3. The molecule has 0 amide bonds. The smallest absolute Gasteiger partial charge is 0.448 e. The van der Waals surface area contributed by atoms with E-state index in [0.717, 1.165) is 31.8 Å². The van der Waals surface area contributed by atoms with Gasteiger partial charge in [-0.25, -0.2) is 0 Å². The molecular weight excluding hydrogens is 205 g/mol. The Morgan fingerprint density at radius 2 is 1.80 bits per heavy atom.